The number of carboxylic acid groups (broad SMARTS) is 1. The molecule has 0 atom stereocenters. The Labute approximate surface area is 102 Å². The van der Waals surface area contributed by atoms with Crippen molar-refractivity contribution in [3.05, 3.63) is 30.1 Å². The van der Waals surface area contributed by atoms with Crippen LogP contribution < -0.4 is 0 Å². The Kier molecular flexibility index (Phi) is 4.63. The van der Waals surface area contributed by atoms with Gasteiger partial charge in [0.05, 0.1) is 6.54 Å². The molecule has 4 nitrogen and oxygen atoms in total. The maximum absolute atomic E-state index is 10.8. The number of hydrogen-bond donors (Lipinski definition) is 1. The lowest BCUT2D eigenvalue weighted by Gasteiger charge is -2.34. The quantitative estimate of drug-likeness (QED) is 0.847. The highest BCUT2D eigenvalue weighted by Crippen LogP contribution is 2.13. The molecule has 0 bridgehead atoms. The number of carbonyl (C=O) groups is 1. The lowest BCUT2D eigenvalue weighted by atomic mass is 10.1. The van der Waals surface area contributed by atoms with E-state index in [9.17, 15) is 4.79 Å². The number of rotatable bonds is 5. The number of carboxylic acids is 1. The molecule has 0 unspecified atom stereocenters. The predicted octanol–water partition coefficient (Wildman–Crippen LogP) is 1.81. The molecule has 0 radical (unpaired) electrons. The van der Waals surface area contributed by atoms with Gasteiger partial charge in [0.1, 0.15) is 0 Å². The first-order valence-electron chi connectivity index (χ1n) is 5.76. The van der Waals surface area contributed by atoms with Gasteiger partial charge in [-0.1, -0.05) is 6.07 Å². The van der Waals surface area contributed by atoms with Gasteiger partial charge in [-0.05, 0) is 32.9 Å². The number of hydrogen-bond acceptors (Lipinski definition) is 3. The van der Waals surface area contributed by atoms with Crippen molar-refractivity contribution < 1.29 is 9.90 Å². The summed E-state index contributed by atoms with van der Waals surface area (Å²) < 4.78 is 0. The highest BCUT2D eigenvalue weighted by molar-refractivity contribution is 5.69. The third-order valence-corrected chi connectivity index (χ3v) is 2.64. The summed E-state index contributed by atoms with van der Waals surface area (Å²) in [4.78, 5) is 17.0. The van der Waals surface area contributed by atoms with Gasteiger partial charge in [0.15, 0.2) is 0 Å². The van der Waals surface area contributed by atoms with E-state index in [1.807, 2.05) is 43.9 Å². The standard InChI is InChI=1S/C13H20N2O2/c1-13(2,3)15(10-12(16)17)9-7-11-6-4-5-8-14-11/h4-6,8H,7,9-10H2,1-3H3,(H,16,17). The van der Waals surface area contributed by atoms with Crippen LogP contribution in [0, 0.1) is 0 Å². The summed E-state index contributed by atoms with van der Waals surface area (Å²) >= 11 is 0. The molecule has 0 saturated carbocycles. The summed E-state index contributed by atoms with van der Waals surface area (Å²) in [5.74, 6) is -0.791. The molecule has 1 N–H and O–H groups in total. The van der Waals surface area contributed by atoms with Crippen molar-refractivity contribution in [2.45, 2.75) is 32.7 Å². The van der Waals surface area contributed by atoms with Crippen molar-refractivity contribution in [1.82, 2.24) is 9.88 Å². The molecule has 94 valence electrons. The second-order valence-corrected chi connectivity index (χ2v) is 5.06. The molecule has 4 heteroatoms. The van der Waals surface area contributed by atoms with Crippen LogP contribution in [0.15, 0.2) is 24.4 Å². The lowest BCUT2D eigenvalue weighted by molar-refractivity contribution is -0.139. The second kappa shape index (κ2) is 5.77. The summed E-state index contributed by atoms with van der Waals surface area (Å²) in [6.07, 6.45) is 2.53. The number of nitrogens with zero attached hydrogens (tertiary/aromatic N) is 2. The van der Waals surface area contributed by atoms with Gasteiger partial charge in [-0.2, -0.15) is 0 Å². The minimum atomic E-state index is -0.791. The third kappa shape index (κ3) is 4.95. The average molecular weight is 236 g/mol. The number of aliphatic carboxylic acids is 1. The van der Waals surface area contributed by atoms with Crippen LogP contribution in [0.2, 0.25) is 0 Å². The number of aromatic nitrogens is 1. The van der Waals surface area contributed by atoms with E-state index in [4.69, 9.17) is 5.11 Å². The van der Waals surface area contributed by atoms with E-state index in [1.54, 1.807) is 6.20 Å². The first-order chi connectivity index (χ1) is 7.89. The average Bonchev–Trinajstić information content (AvgIpc) is 2.23. The zero-order chi connectivity index (χ0) is 12.9. The highest BCUT2D eigenvalue weighted by atomic mass is 16.4. The molecule has 0 aromatic carbocycles. The number of pyridine rings is 1. The summed E-state index contributed by atoms with van der Waals surface area (Å²) in [6, 6.07) is 5.78. The van der Waals surface area contributed by atoms with Crippen molar-refractivity contribution >= 4 is 5.97 Å². The van der Waals surface area contributed by atoms with E-state index < -0.39 is 5.97 Å². The van der Waals surface area contributed by atoms with Crippen LogP contribution in [0.3, 0.4) is 0 Å². The van der Waals surface area contributed by atoms with Crippen LogP contribution in [-0.4, -0.2) is 39.6 Å². The van der Waals surface area contributed by atoms with Gasteiger partial charge in [-0.25, -0.2) is 0 Å². The SMILES string of the molecule is CC(C)(C)N(CCc1ccccn1)CC(=O)O. The summed E-state index contributed by atoms with van der Waals surface area (Å²) in [7, 11) is 0. The monoisotopic (exact) mass is 236 g/mol. The van der Waals surface area contributed by atoms with Gasteiger partial charge in [-0.3, -0.25) is 14.7 Å². The van der Waals surface area contributed by atoms with Crippen molar-refractivity contribution in [3.8, 4) is 0 Å². The van der Waals surface area contributed by atoms with E-state index in [1.165, 1.54) is 0 Å². The minimum Gasteiger partial charge on any atom is -0.480 e. The fraction of sp³-hybridized carbons (Fsp3) is 0.538. The summed E-state index contributed by atoms with van der Waals surface area (Å²) in [5, 5.41) is 8.89. The van der Waals surface area contributed by atoms with Gasteiger partial charge in [0.2, 0.25) is 0 Å². The molecule has 17 heavy (non-hydrogen) atoms. The Hall–Kier alpha value is -1.42. The summed E-state index contributed by atoms with van der Waals surface area (Å²) in [5.41, 5.74) is 0.847. The minimum absolute atomic E-state index is 0.0658. The molecule has 0 aliphatic heterocycles. The van der Waals surface area contributed by atoms with E-state index in [0.29, 0.717) is 6.54 Å². The van der Waals surface area contributed by atoms with Gasteiger partial charge in [0.25, 0.3) is 0 Å². The maximum atomic E-state index is 10.8. The van der Waals surface area contributed by atoms with Crippen LogP contribution in [0.5, 0.6) is 0 Å². The molecule has 1 heterocycles. The molecule has 0 aliphatic rings. The Morgan fingerprint density at radius 2 is 2.12 bits per heavy atom. The molecule has 0 aliphatic carbocycles. The largest absolute Gasteiger partial charge is 0.480 e. The van der Waals surface area contributed by atoms with Gasteiger partial charge < -0.3 is 5.11 Å². The summed E-state index contributed by atoms with van der Waals surface area (Å²) in [6.45, 7) is 6.83. The fourth-order valence-electron chi connectivity index (χ4n) is 1.61. The van der Waals surface area contributed by atoms with Crippen LogP contribution >= 0.6 is 0 Å². The first kappa shape index (κ1) is 13.6. The molecular weight excluding hydrogens is 216 g/mol. The Bertz CT molecular complexity index is 357. The van der Waals surface area contributed by atoms with E-state index >= 15 is 0 Å². The van der Waals surface area contributed by atoms with E-state index in [0.717, 1.165) is 12.1 Å². The highest BCUT2D eigenvalue weighted by Gasteiger charge is 2.23. The zero-order valence-electron chi connectivity index (χ0n) is 10.7. The molecule has 1 aromatic heterocycles. The fourth-order valence-corrected chi connectivity index (χ4v) is 1.61. The van der Waals surface area contributed by atoms with Crippen LogP contribution in [0.25, 0.3) is 0 Å². The predicted molar refractivity (Wildman–Crippen MR) is 66.9 cm³/mol. The molecule has 0 spiro atoms. The molecule has 0 fully saturated rings. The smallest absolute Gasteiger partial charge is 0.317 e. The Morgan fingerprint density at radius 1 is 1.41 bits per heavy atom. The first-order valence-corrected chi connectivity index (χ1v) is 5.76. The van der Waals surface area contributed by atoms with Gasteiger partial charge in [-0.15, -0.1) is 0 Å². The van der Waals surface area contributed by atoms with Gasteiger partial charge >= 0.3 is 5.97 Å². The van der Waals surface area contributed by atoms with Crippen molar-refractivity contribution in [2.75, 3.05) is 13.1 Å². The molecule has 0 amide bonds. The van der Waals surface area contributed by atoms with E-state index in [-0.39, 0.29) is 12.1 Å². The molecule has 0 saturated heterocycles. The van der Waals surface area contributed by atoms with Crippen molar-refractivity contribution in [1.29, 1.82) is 0 Å². The maximum Gasteiger partial charge on any atom is 0.317 e. The lowest BCUT2D eigenvalue weighted by Crippen LogP contribution is -2.45. The molecule has 1 rings (SSSR count). The normalized spacial score (nSPS) is 11.8. The van der Waals surface area contributed by atoms with Crippen LogP contribution in [0.1, 0.15) is 26.5 Å². The zero-order valence-corrected chi connectivity index (χ0v) is 10.7. The van der Waals surface area contributed by atoms with Crippen molar-refractivity contribution in [2.24, 2.45) is 0 Å². The van der Waals surface area contributed by atoms with Crippen molar-refractivity contribution in [3.63, 3.8) is 0 Å². The third-order valence-electron chi connectivity index (χ3n) is 2.64. The second-order valence-electron chi connectivity index (χ2n) is 5.06. The van der Waals surface area contributed by atoms with E-state index in [2.05, 4.69) is 4.98 Å². The van der Waals surface area contributed by atoms with Gasteiger partial charge in [0, 0.05) is 30.4 Å². The van der Waals surface area contributed by atoms with Crippen LogP contribution in [-0.2, 0) is 11.2 Å². The Morgan fingerprint density at radius 3 is 2.59 bits per heavy atom. The molecule has 1 aromatic rings. The molecular formula is C13H20N2O2. The topological polar surface area (TPSA) is 53.4 Å². The van der Waals surface area contributed by atoms with Crippen LogP contribution in [0.4, 0.5) is 0 Å². The Balaban J connectivity index is 2.59.